The van der Waals surface area contributed by atoms with Crippen LogP contribution in [0.3, 0.4) is 0 Å². The first-order valence-electron chi connectivity index (χ1n) is 12.5. The van der Waals surface area contributed by atoms with Crippen LogP contribution in [0.15, 0.2) is 0 Å². The van der Waals surface area contributed by atoms with Crippen LogP contribution in [0.5, 0.6) is 0 Å². The van der Waals surface area contributed by atoms with Gasteiger partial charge in [-0.05, 0) is 92.8 Å². The molecule has 1 amide bonds. The van der Waals surface area contributed by atoms with Crippen LogP contribution in [-0.4, -0.2) is 21.7 Å². The molecule has 3 unspecified atom stereocenters. The van der Waals surface area contributed by atoms with E-state index in [0.29, 0.717) is 22.9 Å². The van der Waals surface area contributed by atoms with Gasteiger partial charge in [0, 0.05) is 17.3 Å². The lowest BCUT2D eigenvalue weighted by molar-refractivity contribution is 0.0819. The Morgan fingerprint density at radius 3 is 2.33 bits per heavy atom. The van der Waals surface area contributed by atoms with Crippen molar-refractivity contribution in [2.45, 2.75) is 117 Å². The highest BCUT2D eigenvalue weighted by Gasteiger charge is 2.61. The SMILES string of the molecule is CC1(C)CCC(n2nc(C(=O)NC3CC4CCC3(C)C4(C)C)c3c2CCCC3)CC1. The second-order valence-electron chi connectivity index (χ2n) is 12.5. The molecule has 3 fully saturated rings. The third-order valence-corrected chi connectivity index (χ3v) is 10.2. The summed E-state index contributed by atoms with van der Waals surface area (Å²) >= 11 is 0. The smallest absolute Gasteiger partial charge is 0.272 e. The molecule has 0 aliphatic heterocycles. The van der Waals surface area contributed by atoms with E-state index >= 15 is 0 Å². The molecule has 1 heterocycles. The molecule has 0 saturated heterocycles. The fourth-order valence-corrected chi connectivity index (χ4v) is 7.39. The number of nitrogens with one attached hydrogen (secondary N) is 1. The molecule has 5 rings (SSSR count). The first-order chi connectivity index (χ1) is 14.1. The highest BCUT2D eigenvalue weighted by atomic mass is 16.2. The van der Waals surface area contributed by atoms with Gasteiger partial charge >= 0.3 is 0 Å². The molecule has 1 N–H and O–H groups in total. The van der Waals surface area contributed by atoms with E-state index in [1.165, 1.54) is 62.6 Å². The minimum Gasteiger partial charge on any atom is -0.347 e. The Morgan fingerprint density at radius 2 is 1.70 bits per heavy atom. The van der Waals surface area contributed by atoms with E-state index in [0.717, 1.165) is 30.9 Å². The monoisotopic (exact) mass is 411 g/mol. The van der Waals surface area contributed by atoms with Gasteiger partial charge in [0.2, 0.25) is 0 Å². The maximum atomic E-state index is 13.5. The second kappa shape index (κ2) is 6.84. The topological polar surface area (TPSA) is 46.9 Å². The van der Waals surface area contributed by atoms with E-state index in [4.69, 9.17) is 5.10 Å². The summed E-state index contributed by atoms with van der Waals surface area (Å²) in [5.74, 6) is 0.836. The Labute approximate surface area is 182 Å². The van der Waals surface area contributed by atoms with Crippen molar-refractivity contribution < 1.29 is 4.79 Å². The number of carbonyl (C=O) groups excluding carboxylic acids is 1. The van der Waals surface area contributed by atoms with Gasteiger partial charge in [0.05, 0.1) is 6.04 Å². The maximum Gasteiger partial charge on any atom is 0.272 e. The second-order valence-corrected chi connectivity index (χ2v) is 12.5. The maximum absolute atomic E-state index is 13.5. The molecule has 4 aliphatic rings. The summed E-state index contributed by atoms with van der Waals surface area (Å²) in [4.78, 5) is 13.5. The Hall–Kier alpha value is -1.32. The van der Waals surface area contributed by atoms with Crippen LogP contribution in [0.4, 0.5) is 0 Å². The van der Waals surface area contributed by atoms with Gasteiger partial charge in [-0.2, -0.15) is 5.10 Å². The normalized spacial score (nSPS) is 34.7. The van der Waals surface area contributed by atoms with Crippen molar-refractivity contribution in [3.05, 3.63) is 17.0 Å². The number of hydrogen-bond acceptors (Lipinski definition) is 2. The molecule has 0 spiro atoms. The number of aromatic nitrogens is 2. The minimum atomic E-state index is 0.0950. The number of amides is 1. The zero-order chi connectivity index (χ0) is 21.3. The molecule has 4 heteroatoms. The van der Waals surface area contributed by atoms with E-state index < -0.39 is 0 Å². The molecule has 3 atom stereocenters. The molecule has 0 aromatic carbocycles. The van der Waals surface area contributed by atoms with Crippen molar-refractivity contribution in [1.29, 1.82) is 0 Å². The Morgan fingerprint density at radius 1 is 1.00 bits per heavy atom. The van der Waals surface area contributed by atoms with Crippen LogP contribution in [-0.2, 0) is 12.8 Å². The van der Waals surface area contributed by atoms with E-state index in [1.54, 1.807) is 0 Å². The number of rotatable bonds is 3. The quantitative estimate of drug-likeness (QED) is 0.678. The van der Waals surface area contributed by atoms with Gasteiger partial charge in [-0.3, -0.25) is 9.48 Å². The molecule has 3 saturated carbocycles. The third-order valence-electron chi connectivity index (χ3n) is 10.2. The van der Waals surface area contributed by atoms with E-state index in [9.17, 15) is 4.79 Å². The molecule has 1 aromatic rings. The van der Waals surface area contributed by atoms with E-state index in [-0.39, 0.29) is 11.3 Å². The summed E-state index contributed by atoms with van der Waals surface area (Å²) in [5, 5.41) is 8.52. The molecule has 166 valence electrons. The van der Waals surface area contributed by atoms with Crippen LogP contribution in [0.2, 0.25) is 0 Å². The predicted molar refractivity (Wildman–Crippen MR) is 121 cm³/mol. The first kappa shape index (κ1) is 20.6. The Balaban J connectivity index is 1.40. The lowest BCUT2D eigenvalue weighted by atomic mass is 9.69. The largest absolute Gasteiger partial charge is 0.347 e. The summed E-state index contributed by atoms with van der Waals surface area (Å²) in [6.07, 6.45) is 13.1. The minimum absolute atomic E-state index is 0.0950. The van der Waals surface area contributed by atoms with Crippen molar-refractivity contribution in [2.75, 3.05) is 0 Å². The van der Waals surface area contributed by atoms with Crippen molar-refractivity contribution in [3.8, 4) is 0 Å². The average Bonchev–Trinajstić information content (AvgIpc) is 3.25. The molecular weight excluding hydrogens is 370 g/mol. The molecule has 4 nitrogen and oxygen atoms in total. The highest BCUT2D eigenvalue weighted by Crippen LogP contribution is 2.65. The third kappa shape index (κ3) is 2.99. The molecule has 1 aromatic heterocycles. The van der Waals surface area contributed by atoms with Crippen LogP contribution in [0.1, 0.15) is 120 Å². The molecule has 0 radical (unpaired) electrons. The van der Waals surface area contributed by atoms with Gasteiger partial charge in [0.25, 0.3) is 5.91 Å². The molecule has 30 heavy (non-hydrogen) atoms. The van der Waals surface area contributed by atoms with Gasteiger partial charge in [-0.1, -0.05) is 34.6 Å². The van der Waals surface area contributed by atoms with Gasteiger partial charge < -0.3 is 5.32 Å². The fourth-order valence-electron chi connectivity index (χ4n) is 7.39. The van der Waals surface area contributed by atoms with Crippen LogP contribution < -0.4 is 5.32 Å². The van der Waals surface area contributed by atoms with Crippen molar-refractivity contribution in [1.82, 2.24) is 15.1 Å². The van der Waals surface area contributed by atoms with E-state index in [1.807, 2.05) is 0 Å². The number of carbonyl (C=O) groups is 1. The van der Waals surface area contributed by atoms with Gasteiger partial charge in [-0.15, -0.1) is 0 Å². The van der Waals surface area contributed by atoms with Gasteiger partial charge in [-0.25, -0.2) is 0 Å². The average molecular weight is 412 g/mol. The number of nitrogens with zero attached hydrogens (tertiary/aromatic N) is 2. The van der Waals surface area contributed by atoms with Crippen LogP contribution in [0.25, 0.3) is 0 Å². The Kier molecular flexibility index (Phi) is 4.69. The summed E-state index contributed by atoms with van der Waals surface area (Å²) < 4.78 is 2.30. The first-order valence-corrected chi connectivity index (χ1v) is 12.5. The number of fused-ring (bicyclic) bond motifs is 3. The molecular formula is C26H41N3O. The van der Waals surface area contributed by atoms with Crippen molar-refractivity contribution >= 4 is 5.91 Å². The lowest BCUT2D eigenvalue weighted by Gasteiger charge is -2.39. The highest BCUT2D eigenvalue weighted by molar-refractivity contribution is 5.94. The van der Waals surface area contributed by atoms with Crippen molar-refractivity contribution in [3.63, 3.8) is 0 Å². The predicted octanol–water partition coefficient (Wildman–Crippen LogP) is 5.85. The fraction of sp³-hybridized carbons (Fsp3) is 0.846. The Bertz CT molecular complexity index is 841. The molecule has 4 aliphatic carbocycles. The summed E-state index contributed by atoms with van der Waals surface area (Å²) in [6, 6.07) is 0.768. The summed E-state index contributed by atoms with van der Waals surface area (Å²) in [7, 11) is 0. The van der Waals surface area contributed by atoms with Gasteiger partial charge in [0.15, 0.2) is 5.69 Å². The van der Waals surface area contributed by atoms with E-state index in [2.05, 4.69) is 44.6 Å². The lowest BCUT2D eigenvalue weighted by Crippen LogP contribution is -2.47. The van der Waals surface area contributed by atoms with Crippen molar-refractivity contribution in [2.24, 2.45) is 22.2 Å². The standard InChI is InChI=1S/C26H41N3O/c1-24(2)13-11-18(12-14-24)29-20-9-7-6-8-19(20)22(28-29)23(30)27-21-16-17-10-15-26(21,5)25(17,3)4/h17-18,21H,6-16H2,1-5H3,(H,27,30). The summed E-state index contributed by atoms with van der Waals surface area (Å²) in [5.41, 5.74) is 4.36. The number of hydrogen-bond donors (Lipinski definition) is 1. The van der Waals surface area contributed by atoms with Crippen LogP contribution >= 0.6 is 0 Å². The zero-order valence-electron chi connectivity index (χ0n) is 19.8. The van der Waals surface area contributed by atoms with Gasteiger partial charge in [0.1, 0.15) is 0 Å². The van der Waals surface area contributed by atoms with Crippen LogP contribution in [0, 0.1) is 22.2 Å². The summed E-state index contributed by atoms with van der Waals surface area (Å²) in [6.45, 7) is 12.0. The molecule has 2 bridgehead atoms. The zero-order valence-corrected chi connectivity index (χ0v) is 19.8.